The van der Waals surface area contributed by atoms with Crippen LogP contribution in [-0.4, -0.2) is 17.4 Å². The molecule has 0 aliphatic heterocycles. The number of carbonyl (C=O) groups is 1. The predicted molar refractivity (Wildman–Crippen MR) is 75.0 cm³/mol. The molecule has 18 heavy (non-hydrogen) atoms. The first-order chi connectivity index (χ1) is 8.40. The van der Waals surface area contributed by atoms with Gasteiger partial charge in [0, 0.05) is 41.0 Å². The van der Waals surface area contributed by atoms with Gasteiger partial charge in [-0.1, -0.05) is 25.4 Å². The molecule has 1 aromatic carbocycles. The molecule has 2 N–H and O–H groups in total. The van der Waals surface area contributed by atoms with Crippen molar-refractivity contribution >= 4 is 28.4 Å². The van der Waals surface area contributed by atoms with Crippen molar-refractivity contribution in [1.29, 1.82) is 0 Å². The molecule has 2 aromatic rings. The Morgan fingerprint density at radius 3 is 2.83 bits per heavy atom. The van der Waals surface area contributed by atoms with E-state index in [1.165, 1.54) is 6.92 Å². The maximum atomic E-state index is 11.0. The fourth-order valence-electron chi connectivity index (χ4n) is 2.09. The van der Waals surface area contributed by atoms with E-state index in [1.807, 2.05) is 24.4 Å². The minimum atomic E-state index is -0.144. The molecule has 2 rings (SSSR count). The molecule has 0 unspecified atom stereocenters. The van der Waals surface area contributed by atoms with Crippen LogP contribution in [0.5, 0.6) is 0 Å². The number of aromatic amines is 1. The van der Waals surface area contributed by atoms with Crippen LogP contribution in [0.2, 0.25) is 5.02 Å². The van der Waals surface area contributed by atoms with Crippen LogP contribution in [0.15, 0.2) is 24.4 Å². The zero-order valence-electron chi connectivity index (χ0n) is 10.8. The molecule has 0 bridgehead atoms. The number of hydrogen-bond acceptors (Lipinski definition) is 1. The van der Waals surface area contributed by atoms with Gasteiger partial charge < -0.3 is 10.3 Å². The van der Waals surface area contributed by atoms with E-state index in [-0.39, 0.29) is 11.3 Å². The first kappa shape index (κ1) is 13.0. The van der Waals surface area contributed by atoms with Crippen LogP contribution in [0.3, 0.4) is 0 Å². The lowest BCUT2D eigenvalue weighted by Gasteiger charge is -2.24. The average Bonchev–Trinajstić information content (AvgIpc) is 2.70. The lowest BCUT2D eigenvalue weighted by molar-refractivity contribution is -0.119. The van der Waals surface area contributed by atoms with Gasteiger partial charge in [0.1, 0.15) is 0 Å². The van der Waals surface area contributed by atoms with Crippen LogP contribution in [0.4, 0.5) is 0 Å². The summed E-state index contributed by atoms with van der Waals surface area (Å²) in [6.07, 6.45) is 1.99. The summed E-state index contributed by atoms with van der Waals surface area (Å²) >= 11 is 6.04. The highest BCUT2D eigenvalue weighted by atomic mass is 35.5. The van der Waals surface area contributed by atoms with Crippen LogP contribution in [0, 0.1) is 0 Å². The normalized spacial score (nSPS) is 11.8. The van der Waals surface area contributed by atoms with Crippen molar-refractivity contribution in [3.63, 3.8) is 0 Å². The van der Waals surface area contributed by atoms with Gasteiger partial charge >= 0.3 is 0 Å². The summed E-state index contributed by atoms with van der Waals surface area (Å²) in [5.41, 5.74) is 2.08. The molecule has 96 valence electrons. The number of amides is 1. The summed E-state index contributed by atoms with van der Waals surface area (Å²) in [6.45, 7) is 6.34. The maximum Gasteiger partial charge on any atom is 0.216 e. The summed E-state index contributed by atoms with van der Waals surface area (Å²) in [7, 11) is 0. The van der Waals surface area contributed by atoms with E-state index in [2.05, 4.69) is 24.1 Å². The smallest absolute Gasteiger partial charge is 0.216 e. The van der Waals surface area contributed by atoms with Crippen molar-refractivity contribution in [2.24, 2.45) is 0 Å². The molecular weight excluding hydrogens is 248 g/mol. The van der Waals surface area contributed by atoms with E-state index in [1.54, 1.807) is 0 Å². The summed E-state index contributed by atoms with van der Waals surface area (Å²) in [4.78, 5) is 14.3. The van der Waals surface area contributed by atoms with Gasteiger partial charge in [-0.2, -0.15) is 0 Å². The standard InChI is InChI=1S/C14H17ClN2O/c1-9(18)17-8-14(2,3)12-7-16-13-5-4-10(15)6-11(12)13/h4-7,16H,8H2,1-3H3,(H,17,18). The van der Waals surface area contributed by atoms with Crippen molar-refractivity contribution in [2.75, 3.05) is 6.54 Å². The zero-order valence-corrected chi connectivity index (χ0v) is 11.6. The van der Waals surface area contributed by atoms with Gasteiger partial charge in [-0.15, -0.1) is 0 Å². The predicted octanol–water partition coefficient (Wildman–Crippen LogP) is 3.24. The first-order valence-electron chi connectivity index (χ1n) is 5.92. The molecule has 4 heteroatoms. The van der Waals surface area contributed by atoms with Crippen LogP contribution in [-0.2, 0) is 10.2 Å². The summed E-state index contributed by atoms with van der Waals surface area (Å²) < 4.78 is 0. The van der Waals surface area contributed by atoms with Crippen molar-refractivity contribution in [2.45, 2.75) is 26.2 Å². The quantitative estimate of drug-likeness (QED) is 0.878. The van der Waals surface area contributed by atoms with Crippen molar-refractivity contribution in [3.05, 3.63) is 35.0 Å². The molecule has 0 saturated heterocycles. The molecular formula is C14H17ClN2O. The second-order valence-electron chi connectivity index (χ2n) is 5.19. The minimum Gasteiger partial charge on any atom is -0.361 e. The Kier molecular flexibility index (Phi) is 3.35. The van der Waals surface area contributed by atoms with E-state index in [4.69, 9.17) is 11.6 Å². The number of rotatable bonds is 3. The van der Waals surface area contributed by atoms with E-state index < -0.39 is 0 Å². The number of fused-ring (bicyclic) bond motifs is 1. The number of halogens is 1. The SMILES string of the molecule is CC(=O)NCC(C)(C)c1c[nH]c2ccc(Cl)cc12. The summed E-state index contributed by atoms with van der Waals surface area (Å²) in [5.74, 6) is -0.0130. The topological polar surface area (TPSA) is 44.9 Å². The maximum absolute atomic E-state index is 11.0. The number of hydrogen-bond donors (Lipinski definition) is 2. The number of carbonyl (C=O) groups excluding carboxylic acids is 1. The number of benzene rings is 1. The number of H-pyrrole nitrogens is 1. The fourth-order valence-corrected chi connectivity index (χ4v) is 2.27. The Bertz CT molecular complexity index is 586. The molecule has 0 aliphatic rings. The zero-order chi connectivity index (χ0) is 13.3. The molecule has 0 atom stereocenters. The molecule has 1 heterocycles. The van der Waals surface area contributed by atoms with E-state index in [9.17, 15) is 4.79 Å². The largest absolute Gasteiger partial charge is 0.361 e. The van der Waals surface area contributed by atoms with Crippen LogP contribution < -0.4 is 5.32 Å². The van der Waals surface area contributed by atoms with Gasteiger partial charge in [-0.05, 0) is 23.8 Å². The molecule has 1 amide bonds. The van der Waals surface area contributed by atoms with Gasteiger partial charge in [-0.3, -0.25) is 4.79 Å². The van der Waals surface area contributed by atoms with Crippen LogP contribution in [0.1, 0.15) is 26.3 Å². The van der Waals surface area contributed by atoms with Gasteiger partial charge in [0.05, 0.1) is 0 Å². The van der Waals surface area contributed by atoms with Gasteiger partial charge in [0.15, 0.2) is 0 Å². The number of nitrogens with one attached hydrogen (secondary N) is 2. The minimum absolute atomic E-state index is 0.0130. The van der Waals surface area contributed by atoms with Gasteiger partial charge in [0.2, 0.25) is 5.91 Å². The Morgan fingerprint density at radius 2 is 2.17 bits per heavy atom. The van der Waals surface area contributed by atoms with E-state index in [0.29, 0.717) is 6.54 Å². The highest BCUT2D eigenvalue weighted by Crippen LogP contribution is 2.31. The molecule has 0 fully saturated rings. The average molecular weight is 265 g/mol. The number of aromatic nitrogens is 1. The molecule has 3 nitrogen and oxygen atoms in total. The van der Waals surface area contributed by atoms with Crippen molar-refractivity contribution < 1.29 is 4.79 Å². The third-order valence-electron chi connectivity index (χ3n) is 3.15. The molecule has 0 saturated carbocycles. The molecule has 0 aliphatic carbocycles. The van der Waals surface area contributed by atoms with Crippen molar-refractivity contribution in [1.82, 2.24) is 10.3 Å². The highest BCUT2D eigenvalue weighted by molar-refractivity contribution is 6.31. The second kappa shape index (κ2) is 4.65. The molecule has 1 aromatic heterocycles. The summed E-state index contributed by atoms with van der Waals surface area (Å²) in [5, 5.41) is 4.70. The first-order valence-corrected chi connectivity index (χ1v) is 6.29. The van der Waals surface area contributed by atoms with E-state index >= 15 is 0 Å². The Morgan fingerprint density at radius 1 is 1.44 bits per heavy atom. The van der Waals surface area contributed by atoms with Gasteiger partial charge in [0.25, 0.3) is 0 Å². The van der Waals surface area contributed by atoms with Crippen LogP contribution in [0.25, 0.3) is 10.9 Å². The fraction of sp³-hybridized carbons (Fsp3) is 0.357. The second-order valence-corrected chi connectivity index (χ2v) is 5.62. The third kappa shape index (κ3) is 2.51. The Hall–Kier alpha value is -1.48. The third-order valence-corrected chi connectivity index (χ3v) is 3.39. The van der Waals surface area contributed by atoms with Crippen molar-refractivity contribution in [3.8, 4) is 0 Å². The lowest BCUT2D eigenvalue weighted by Crippen LogP contribution is -2.35. The monoisotopic (exact) mass is 264 g/mol. The molecule has 0 spiro atoms. The van der Waals surface area contributed by atoms with Crippen LogP contribution >= 0.6 is 11.6 Å². The van der Waals surface area contributed by atoms with E-state index in [0.717, 1.165) is 21.5 Å². The highest BCUT2D eigenvalue weighted by Gasteiger charge is 2.24. The lowest BCUT2D eigenvalue weighted by atomic mass is 9.84. The Labute approximate surface area is 112 Å². The Balaban J connectivity index is 2.40. The van der Waals surface area contributed by atoms with Gasteiger partial charge in [-0.25, -0.2) is 0 Å². The molecule has 0 radical (unpaired) electrons. The summed E-state index contributed by atoms with van der Waals surface area (Å²) in [6, 6.07) is 5.79.